The van der Waals surface area contributed by atoms with Gasteiger partial charge in [-0.05, 0) is 25.5 Å². The molecule has 1 aromatic rings. The molecule has 1 heterocycles. The molecule has 1 saturated heterocycles. The minimum absolute atomic E-state index is 0.0125. The summed E-state index contributed by atoms with van der Waals surface area (Å²) in [5.74, 6) is 0.977. The van der Waals surface area contributed by atoms with Crippen molar-refractivity contribution in [3.63, 3.8) is 0 Å². The van der Waals surface area contributed by atoms with Crippen molar-refractivity contribution in [1.29, 1.82) is 0 Å². The van der Waals surface area contributed by atoms with Gasteiger partial charge in [0.25, 0.3) is 5.91 Å². The SMILES string of the molecule is COc1ccccc1OCC(=O)N1CCCN(C(=O)CCC(C)=O)CC1. The molecular weight excluding hydrogens is 336 g/mol. The van der Waals surface area contributed by atoms with Gasteiger partial charge in [0.15, 0.2) is 18.1 Å². The summed E-state index contributed by atoms with van der Waals surface area (Å²) in [5, 5.41) is 0. The van der Waals surface area contributed by atoms with Crippen LogP contribution in [0.3, 0.4) is 0 Å². The van der Waals surface area contributed by atoms with Gasteiger partial charge >= 0.3 is 0 Å². The molecule has 0 aromatic heterocycles. The third-order valence-electron chi connectivity index (χ3n) is 4.31. The van der Waals surface area contributed by atoms with Crippen molar-refractivity contribution in [2.45, 2.75) is 26.2 Å². The molecule has 7 nitrogen and oxygen atoms in total. The number of para-hydroxylation sites is 2. The van der Waals surface area contributed by atoms with Gasteiger partial charge in [-0.3, -0.25) is 9.59 Å². The number of methoxy groups -OCH3 is 1. The van der Waals surface area contributed by atoms with E-state index >= 15 is 0 Å². The van der Waals surface area contributed by atoms with Crippen molar-refractivity contribution >= 4 is 17.6 Å². The summed E-state index contributed by atoms with van der Waals surface area (Å²) in [6.07, 6.45) is 1.22. The lowest BCUT2D eigenvalue weighted by Gasteiger charge is -2.22. The first-order chi connectivity index (χ1) is 12.5. The molecule has 26 heavy (non-hydrogen) atoms. The van der Waals surface area contributed by atoms with Gasteiger partial charge in [0.1, 0.15) is 5.78 Å². The van der Waals surface area contributed by atoms with E-state index in [1.165, 1.54) is 6.92 Å². The lowest BCUT2D eigenvalue weighted by atomic mass is 10.2. The molecule has 0 atom stereocenters. The summed E-state index contributed by atoms with van der Waals surface area (Å²) >= 11 is 0. The van der Waals surface area contributed by atoms with Gasteiger partial charge in [-0.25, -0.2) is 0 Å². The number of carbonyl (C=O) groups is 3. The molecule has 1 aliphatic rings. The smallest absolute Gasteiger partial charge is 0.260 e. The molecule has 0 unspecified atom stereocenters. The number of benzene rings is 1. The van der Waals surface area contributed by atoms with Gasteiger partial charge in [0, 0.05) is 39.0 Å². The maximum Gasteiger partial charge on any atom is 0.260 e. The number of rotatable bonds is 7. The van der Waals surface area contributed by atoms with E-state index in [9.17, 15) is 14.4 Å². The topological polar surface area (TPSA) is 76.2 Å². The number of nitrogens with zero attached hydrogens (tertiary/aromatic N) is 2. The molecule has 7 heteroatoms. The Balaban J connectivity index is 1.83. The molecule has 2 rings (SSSR count). The van der Waals surface area contributed by atoms with E-state index in [0.29, 0.717) is 44.1 Å². The first-order valence-corrected chi connectivity index (χ1v) is 8.82. The molecule has 1 aliphatic heterocycles. The lowest BCUT2D eigenvalue weighted by molar-refractivity contribution is -0.135. The Morgan fingerprint density at radius 1 is 0.923 bits per heavy atom. The molecular formula is C19H26N2O5. The van der Waals surface area contributed by atoms with E-state index in [0.717, 1.165) is 0 Å². The number of hydrogen-bond donors (Lipinski definition) is 0. The lowest BCUT2D eigenvalue weighted by Crippen LogP contribution is -2.39. The molecule has 1 aromatic carbocycles. The van der Waals surface area contributed by atoms with Gasteiger partial charge in [-0.15, -0.1) is 0 Å². The monoisotopic (exact) mass is 362 g/mol. The highest BCUT2D eigenvalue weighted by molar-refractivity contribution is 5.83. The van der Waals surface area contributed by atoms with Gasteiger partial charge in [-0.2, -0.15) is 0 Å². The van der Waals surface area contributed by atoms with Crippen LogP contribution in [0.15, 0.2) is 24.3 Å². The first-order valence-electron chi connectivity index (χ1n) is 8.82. The predicted molar refractivity (Wildman–Crippen MR) is 96.2 cm³/mol. The normalized spacial score (nSPS) is 14.5. The largest absolute Gasteiger partial charge is 0.493 e. The third-order valence-corrected chi connectivity index (χ3v) is 4.31. The van der Waals surface area contributed by atoms with Gasteiger partial charge in [0.2, 0.25) is 5.91 Å². The van der Waals surface area contributed by atoms with Crippen LogP contribution in [0.1, 0.15) is 26.2 Å². The molecule has 142 valence electrons. The van der Waals surface area contributed by atoms with Crippen molar-refractivity contribution in [2.24, 2.45) is 0 Å². The number of ether oxygens (including phenoxy) is 2. The minimum atomic E-state index is -0.117. The average Bonchev–Trinajstić information content (AvgIpc) is 2.90. The van der Waals surface area contributed by atoms with Crippen molar-refractivity contribution in [1.82, 2.24) is 9.80 Å². The van der Waals surface area contributed by atoms with Crippen molar-refractivity contribution < 1.29 is 23.9 Å². The van der Waals surface area contributed by atoms with Crippen LogP contribution in [0.5, 0.6) is 11.5 Å². The van der Waals surface area contributed by atoms with Crippen LogP contribution in [0, 0.1) is 0 Å². The van der Waals surface area contributed by atoms with E-state index in [1.54, 1.807) is 29.0 Å². The molecule has 0 radical (unpaired) electrons. The molecule has 0 bridgehead atoms. The van der Waals surface area contributed by atoms with Crippen LogP contribution >= 0.6 is 0 Å². The Labute approximate surface area is 153 Å². The van der Waals surface area contributed by atoms with E-state index in [-0.39, 0.29) is 37.0 Å². The van der Waals surface area contributed by atoms with Gasteiger partial charge in [0.05, 0.1) is 7.11 Å². The standard InChI is InChI=1S/C19H26N2O5/c1-15(22)8-9-18(23)20-10-5-11-21(13-12-20)19(24)14-26-17-7-4-3-6-16(17)25-2/h3-4,6-7H,5,8-14H2,1-2H3. The Bertz CT molecular complexity index is 647. The van der Waals surface area contributed by atoms with Crippen molar-refractivity contribution in [3.05, 3.63) is 24.3 Å². The van der Waals surface area contributed by atoms with Crippen LogP contribution in [0.2, 0.25) is 0 Å². The van der Waals surface area contributed by atoms with Crippen LogP contribution in [0.4, 0.5) is 0 Å². The maximum atomic E-state index is 12.4. The molecule has 0 N–H and O–H groups in total. The summed E-state index contributed by atoms with van der Waals surface area (Å²) in [5.41, 5.74) is 0. The average molecular weight is 362 g/mol. The Kier molecular flexibility index (Phi) is 7.44. The fraction of sp³-hybridized carbons (Fsp3) is 0.526. The van der Waals surface area contributed by atoms with Gasteiger partial charge < -0.3 is 24.1 Å². The molecule has 0 saturated carbocycles. The maximum absolute atomic E-state index is 12.4. The predicted octanol–water partition coefficient (Wildman–Crippen LogP) is 1.50. The second-order valence-electron chi connectivity index (χ2n) is 6.26. The summed E-state index contributed by atoms with van der Waals surface area (Å²) < 4.78 is 10.8. The minimum Gasteiger partial charge on any atom is -0.493 e. The van der Waals surface area contributed by atoms with E-state index in [4.69, 9.17) is 9.47 Å². The zero-order valence-corrected chi connectivity index (χ0v) is 15.4. The number of ketones is 1. The number of Topliss-reactive ketones (excluding diaryl/α,β-unsaturated/α-hetero) is 1. The van der Waals surface area contributed by atoms with Crippen molar-refractivity contribution in [2.75, 3.05) is 39.9 Å². The van der Waals surface area contributed by atoms with Gasteiger partial charge in [-0.1, -0.05) is 12.1 Å². The Morgan fingerprint density at radius 3 is 2.15 bits per heavy atom. The Hall–Kier alpha value is -2.57. The van der Waals surface area contributed by atoms with E-state index < -0.39 is 0 Å². The summed E-state index contributed by atoms with van der Waals surface area (Å²) in [6.45, 7) is 3.56. The van der Waals surface area contributed by atoms with Crippen molar-refractivity contribution in [3.8, 4) is 11.5 Å². The summed E-state index contributed by atoms with van der Waals surface area (Å²) in [6, 6.07) is 7.18. The highest BCUT2D eigenvalue weighted by Gasteiger charge is 2.22. The van der Waals surface area contributed by atoms with E-state index in [1.807, 2.05) is 12.1 Å². The summed E-state index contributed by atoms with van der Waals surface area (Å²) in [7, 11) is 1.55. The van der Waals surface area contributed by atoms with Crippen LogP contribution in [-0.4, -0.2) is 67.3 Å². The fourth-order valence-electron chi connectivity index (χ4n) is 2.83. The molecule has 1 fully saturated rings. The number of carbonyl (C=O) groups excluding carboxylic acids is 3. The second kappa shape index (κ2) is 9.79. The quantitative estimate of drug-likeness (QED) is 0.735. The molecule has 0 aliphatic carbocycles. The second-order valence-corrected chi connectivity index (χ2v) is 6.26. The van der Waals surface area contributed by atoms with Crippen LogP contribution in [-0.2, 0) is 14.4 Å². The van der Waals surface area contributed by atoms with Crippen LogP contribution < -0.4 is 9.47 Å². The fourth-order valence-corrected chi connectivity index (χ4v) is 2.83. The zero-order chi connectivity index (χ0) is 18.9. The summed E-state index contributed by atoms with van der Waals surface area (Å²) in [4.78, 5) is 39.0. The first kappa shape index (κ1) is 19.8. The molecule has 0 spiro atoms. The highest BCUT2D eigenvalue weighted by Crippen LogP contribution is 2.25. The Morgan fingerprint density at radius 2 is 1.54 bits per heavy atom. The van der Waals surface area contributed by atoms with Crippen LogP contribution in [0.25, 0.3) is 0 Å². The third kappa shape index (κ3) is 5.75. The molecule has 2 amide bonds. The number of amides is 2. The number of hydrogen-bond acceptors (Lipinski definition) is 5. The zero-order valence-electron chi connectivity index (χ0n) is 15.4. The van der Waals surface area contributed by atoms with E-state index in [2.05, 4.69) is 0 Å². The highest BCUT2D eigenvalue weighted by atomic mass is 16.5.